The zero-order valence-corrected chi connectivity index (χ0v) is 9.95. The van der Waals surface area contributed by atoms with Gasteiger partial charge in [0.2, 0.25) is 5.95 Å². The first-order chi connectivity index (χ1) is 7.96. The molecule has 0 aromatic carbocycles. The standard InChI is InChI=1S/C8H12N6O2S/c1-17(15,16)3-2-10-6-5-7(12-4-11-5)14-8(9)13-6/h4H,2-3H2,1H3,(H4,9,10,11,12,13,14). The number of aromatic amines is 1. The van der Waals surface area contributed by atoms with E-state index < -0.39 is 9.84 Å². The van der Waals surface area contributed by atoms with Gasteiger partial charge in [0.15, 0.2) is 11.5 Å². The van der Waals surface area contributed by atoms with Crippen LogP contribution in [0.15, 0.2) is 6.33 Å². The van der Waals surface area contributed by atoms with E-state index >= 15 is 0 Å². The molecule has 0 bridgehead atoms. The lowest BCUT2D eigenvalue weighted by molar-refractivity contribution is 0.602. The van der Waals surface area contributed by atoms with Crippen LogP contribution in [0.3, 0.4) is 0 Å². The Labute approximate surface area is 97.6 Å². The largest absolute Gasteiger partial charge is 0.368 e. The number of hydrogen-bond acceptors (Lipinski definition) is 7. The van der Waals surface area contributed by atoms with E-state index in [1.54, 1.807) is 0 Å². The quantitative estimate of drug-likeness (QED) is 0.666. The molecular weight excluding hydrogens is 244 g/mol. The number of sulfone groups is 1. The maximum atomic E-state index is 11.0. The highest BCUT2D eigenvalue weighted by Crippen LogP contribution is 2.16. The predicted molar refractivity (Wildman–Crippen MR) is 64.3 cm³/mol. The summed E-state index contributed by atoms with van der Waals surface area (Å²) < 4.78 is 22.0. The number of aromatic nitrogens is 4. The van der Waals surface area contributed by atoms with Crippen molar-refractivity contribution in [2.45, 2.75) is 0 Å². The summed E-state index contributed by atoms with van der Waals surface area (Å²) in [7, 11) is -3.01. The Morgan fingerprint density at radius 2 is 2.24 bits per heavy atom. The number of H-pyrrole nitrogens is 1. The van der Waals surface area contributed by atoms with E-state index in [9.17, 15) is 8.42 Å². The summed E-state index contributed by atoms with van der Waals surface area (Å²) in [5.41, 5.74) is 6.56. The van der Waals surface area contributed by atoms with Gasteiger partial charge in [-0.15, -0.1) is 0 Å². The lowest BCUT2D eigenvalue weighted by Crippen LogP contribution is -2.15. The van der Waals surface area contributed by atoms with Crippen LogP contribution < -0.4 is 11.1 Å². The second-order valence-corrected chi connectivity index (χ2v) is 5.85. The van der Waals surface area contributed by atoms with Crippen molar-refractivity contribution in [3.05, 3.63) is 6.33 Å². The molecule has 0 atom stereocenters. The summed E-state index contributed by atoms with van der Waals surface area (Å²) in [4.78, 5) is 14.7. The number of anilines is 2. The van der Waals surface area contributed by atoms with Crippen LogP contribution in [0.25, 0.3) is 11.2 Å². The highest BCUT2D eigenvalue weighted by Gasteiger charge is 2.09. The fourth-order valence-corrected chi connectivity index (χ4v) is 1.81. The van der Waals surface area contributed by atoms with Gasteiger partial charge in [0, 0.05) is 12.8 Å². The third-order valence-electron chi connectivity index (χ3n) is 2.07. The molecule has 2 aromatic heterocycles. The van der Waals surface area contributed by atoms with Crippen molar-refractivity contribution in [2.75, 3.05) is 29.6 Å². The lowest BCUT2D eigenvalue weighted by Gasteiger charge is -2.05. The van der Waals surface area contributed by atoms with Crippen LogP contribution in [0.1, 0.15) is 0 Å². The molecule has 0 aliphatic carbocycles. The first kappa shape index (κ1) is 11.6. The molecule has 0 amide bonds. The molecule has 2 heterocycles. The fraction of sp³-hybridized carbons (Fsp3) is 0.375. The van der Waals surface area contributed by atoms with Crippen LogP contribution in [-0.4, -0.2) is 46.9 Å². The molecule has 92 valence electrons. The van der Waals surface area contributed by atoms with Crippen molar-refractivity contribution in [1.29, 1.82) is 0 Å². The first-order valence-electron chi connectivity index (χ1n) is 4.84. The van der Waals surface area contributed by atoms with Gasteiger partial charge >= 0.3 is 0 Å². The Morgan fingerprint density at radius 3 is 2.94 bits per heavy atom. The van der Waals surface area contributed by atoms with Gasteiger partial charge in [-0.2, -0.15) is 9.97 Å². The fourth-order valence-electron chi connectivity index (χ4n) is 1.33. The summed E-state index contributed by atoms with van der Waals surface area (Å²) in [6, 6.07) is 0. The minimum atomic E-state index is -3.01. The number of fused-ring (bicyclic) bond motifs is 1. The Hall–Kier alpha value is -1.90. The number of hydrogen-bond donors (Lipinski definition) is 3. The third-order valence-corrected chi connectivity index (χ3v) is 3.01. The van der Waals surface area contributed by atoms with Crippen molar-refractivity contribution in [3.63, 3.8) is 0 Å². The molecule has 0 aliphatic rings. The highest BCUT2D eigenvalue weighted by atomic mass is 32.2. The molecule has 4 N–H and O–H groups in total. The van der Waals surface area contributed by atoms with Gasteiger partial charge in [0.25, 0.3) is 0 Å². The van der Waals surface area contributed by atoms with Gasteiger partial charge in [-0.05, 0) is 0 Å². The average molecular weight is 256 g/mol. The van der Waals surface area contributed by atoms with Crippen LogP contribution in [0.4, 0.5) is 11.8 Å². The minimum Gasteiger partial charge on any atom is -0.368 e. The van der Waals surface area contributed by atoms with Crippen molar-refractivity contribution in [2.24, 2.45) is 0 Å². The molecular formula is C8H12N6O2S. The number of nitrogens with one attached hydrogen (secondary N) is 2. The zero-order valence-electron chi connectivity index (χ0n) is 9.14. The number of imidazole rings is 1. The van der Waals surface area contributed by atoms with Gasteiger partial charge in [0.05, 0.1) is 12.1 Å². The smallest absolute Gasteiger partial charge is 0.224 e. The molecule has 0 fully saturated rings. The normalized spacial score (nSPS) is 11.8. The summed E-state index contributed by atoms with van der Waals surface area (Å²) in [5, 5.41) is 2.89. The Kier molecular flexibility index (Phi) is 2.84. The highest BCUT2D eigenvalue weighted by molar-refractivity contribution is 7.90. The van der Waals surface area contributed by atoms with Gasteiger partial charge in [-0.3, -0.25) is 0 Å². The van der Waals surface area contributed by atoms with E-state index in [1.807, 2.05) is 0 Å². The predicted octanol–water partition coefficient (Wildman–Crippen LogP) is -0.608. The van der Waals surface area contributed by atoms with Crippen molar-refractivity contribution < 1.29 is 8.42 Å². The van der Waals surface area contributed by atoms with Crippen molar-refractivity contribution in [1.82, 2.24) is 19.9 Å². The second kappa shape index (κ2) is 4.17. The van der Waals surface area contributed by atoms with E-state index in [1.165, 1.54) is 12.6 Å². The van der Waals surface area contributed by atoms with E-state index in [4.69, 9.17) is 5.73 Å². The van der Waals surface area contributed by atoms with E-state index in [-0.39, 0.29) is 18.2 Å². The molecule has 0 unspecified atom stereocenters. The van der Waals surface area contributed by atoms with E-state index in [0.717, 1.165) is 0 Å². The monoisotopic (exact) mass is 256 g/mol. The number of nitrogens with zero attached hydrogens (tertiary/aromatic N) is 3. The summed E-state index contributed by atoms with van der Waals surface area (Å²) in [5.74, 6) is 0.562. The molecule has 0 aliphatic heterocycles. The zero-order chi connectivity index (χ0) is 12.5. The van der Waals surface area contributed by atoms with E-state index in [0.29, 0.717) is 17.0 Å². The van der Waals surface area contributed by atoms with Crippen molar-refractivity contribution >= 4 is 32.8 Å². The molecule has 8 nitrogen and oxygen atoms in total. The van der Waals surface area contributed by atoms with Crippen LogP contribution in [0.5, 0.6) is 0 Å². The Balaban J connectivity index is 2.20. The van der Waals surface area contributed by atoms with Crippen LogP contribution in [-0.2, 0) is 9.84 Å². The SMILES string of the molecule is CS(=O)(=O)CCNc1nc(N)nc2nc[nH]c12. The first-order valence-corrected chi connectivity index (χ1v) is 6.90. The van der Waals surface area contributed by atoms with Gasteiger partial charge in [-0.25, -0.2) is 13.4 Å². The van der Waals surface area contributed by atoms with Crippen molar-refractivity contribution in [3.8, 4) is 0 Å². The number of nitrogens with two attached hydrogens (primary N) is 1. The summed E-state index contributed by atoms with van der Waals surface area (Å²) >= 11 is 0. The summed E-state index contributed by atoms with van der Waals surface area (Å²) in [6.45, 7) is 0.253. The average Bonchev–Trinajstić information content (AvgIpc) is 2.63. The molecule has 17 heavy (non-hydrogen) atoms. The van der Waals surface area contributed by atoms with Gasteiger partial charge in [-0.1, -0.05) is 0 Å². The number of nitrogen functional groups attached to an aromatic ring is 1. The number of rotatable bonds is 4. The lowest BCUT2D eigenvalue weighted by atomic mass is 10.5. The third kappa shape index (κ3) is 2.81. The molecule has 0 radical (unpaired) electrons. The second-order valence-electron chi connectivity index (χ2n) is 3.59. The summed E-state index contributed by atoms with van der Waals surface area (Å²) in [6.07, 6.45) is 2.65. The maximum Gasteiger partial charge on any atom is 0.224 e. The Bertz CT molecular complexity index is 635. The molecule has 0 saturated heterocycles. The maximum absolute atomic E-state index is 11.0. The molecule has 0 spiro atoms. The molecule has 9 heteroatoms. The van der Waals surface area contributed by atoms with Crippen LogP contribution in [0, 0.1) is 0 Å². The van der Waals surface area contributed by atoms with E-state index in [2.05, 4.69) is 25.3 Å². The Morgan fingerprint density at radius 1 is 1.47 bits per heavy atom. The van der Waals surface area contributed by atoms with Crippen LogP contribution in [0.2, 0.25) is 0 Å². The molecule has 2 rings (SSSR count). The molecule has 0 saturated carbocycles. The minimum absolute atomic E-state index is 0.0204. The molecule has 2 aromatic rings. The van der Waals surface area contributed by atoms with Gasteiger partial charge in [0.1, 0.15) is 15.4 Å². The van der Waals surface area contributed by atoms with Crippen LogP contribution >= 0.6 is 0 Å². The topological polar surface area (TPSA) is 127 Å². The van der Waals surface area contributed by atoms with Gasteiger partial charge < -0.3 is 16.0 Å².